The molecule has 2 atom stereocenters. The molecule has 4 heteroatoms. The van der Waals surface area contributed by atoms with Gasteiger partial charge in [-0.15, -0.1) is 0 Å². The molecule has 0 radical (unpaired) electrons. The molecule has 2 heterocycles. The summed E-state index contributed by atoms with van der Waals surface area (Å²) in [5.74, 6) is 0.698. The van der Waals surface area contributed by atoms with Crippen molar-refractivity contribution in [3.8, 4) is 11.3 Å². The van der Waals surface area contributed by atoms with Gasteiger partial charge in [-0.2, -0.15) is 4.58 Å². The molecule has 0 bridgehead atoms. The Morgan fingerprint density at radius 1 is 0.806 bits per heavy atom. The summed E-state index contributed by atoms with van der Waals surface area (Å²) < 4.78 is 8.24. The molecule has 1 saturated carbocycles. The van der Waals surface area contributed by atoms with Crippen molar-refractivity contribution in [1.82, 2.24) is 0 Å². The van der Waals surface area contributed by atoms with E-state index >= 15 is 0 Å². The zero-order valence-corrected chi connectivity index (χ0v) is 20.6. The van der Waals surface area contributed by atoms with Crippen LogP contribution in [0, 0.1) is 0 Å². The van der Waals surface area contributed by atoms with Crippen molar-refractivity contribution in [2.45, 2.75) is 31.5 Å². The van der Waals surface area contributed by atoms with Gasteiger partial charge in [0.05, 0.1) is 22.4 Å². The molecule has 6 rings (SSSR count). The fourth-order valence-electron chi connectivity index (χ4n) is 5.49. The fraction of sp³-hybridized carbons (Fsp3) is 0.188. The molecule has 4 aromatic rings. The number of allylic oxidation sites excluding steroid dienone is 1. The van der Waals surface area contributed by atoms with Gasteiger partial charge in [-0.1, -0.05) is 78.0 Å². The van der Waals surface area contributed by atoms with Gasteiger partial charge in [0.15, 0.2) is 5.71 Å². The van der Waals surface area contributed by atoms with Gasteiger partial charge in [0.25, 0.3) is 0 Å². The van der Waals surface area contributed by atoms with E-state index in [1.165, 1.54) is 5.56 Å². The normalized spacial score (nSPS) is 20.4. The van der Waals surface area contributed by atoms with Gasteiger partial charge < -0.3 is 10.2 Å². The number of hydrogen-bond acceptors (Lipinski definition) is 2. The van der Waals surface area contributed by atoms with Crippen molar-refractivity contribution in [2.24, 2.45) is 0 Å². The van der Waals surface area contributed by atoms with E-state index in [-0.39, 0.29) is 5.41 Å². The van der Waals surface area contributed by atoms with Crippen LogP contribution in [0.2, 0.25) is 0 Å². The van der Waals surface area contributed by atoms with E-state index in [0.29, 0.717) is 22.5 Å². The summed E-state index contributed by atoms with van der Waals surface area (Å²) >= 11 is 0. The molecule has 0 N–H and O–H groups in total. The lowest BCUT2D eigenvalue weighted by Gasteiger charge is -2.52. The first-order valence-electron chi connectivity index (χ1n) is 12.2. The van der Waals surface area contributed by atoms with Crippen LogP contribution < -0.4 is 10.2 Å². The average Bonchev–Trinajstić information content (AvgIpc) is 3.10. The van der Waals surface area contributed by atoms with E-state index < -0.39 is 12.2 Å². The highest BCUT2D eigenvalue weighted by atomic mass is 16.3. The van der Waals surface area contributed by atoms with Crippen LogP contribution in [0.5, 0.6) is 0 Å². The van der Waals surface area contributed by atoms with E-state index in [1.54, 1.807) is 6.08 Å². The number of fused-ring (bicyclic) bond motifs is 2. The number of benzene rings is 3. The quantitative estimate of drug-likeness (QED) is 0.315. The van der Waals surface area contributed by atoms with Gasteiger partial charge in [-0.25, -0.2) is 4.42 Å². The van der Waals surface area contributed by atoms with Gasteiger partial charge in [0.2, 0.25) is 5.69 Å². The second kappa shape index (κ2) is 8.37. The Balaban J connectivity index is 1.40. The summed E-state index contributed by atoms with van der Waals surface area (Å²) in [6.45, 7) is 4.28. The highest BCUT2D eigenvalue weighted by molar-refractivity contribution is 6.04. The van der Waals surface area contributed by atoms with E-state index in [9.17, 15) is 10.2 Å². The van der Waals surface area contributed by atoms with E-state index in [1.807, 2.05) is 85.9 Å². The smallest absolute Gasteiger partial charge is 0.361 e. The minimum absolute atomic E-state index is 0.279. The molecular weight excluding hydrogens is 446 g/mol. The van der Waals surface area contributed by atoms with Crippen LogP contribution in [0.25, 0.3) is 28.4 Å². The van der Waals surface area contributed by atoms with Gasteiger partial charge in [-0.05, 0) is 32.0 Å². The lowest BCUT2D eigenvalue weighted by Crippen LogP contribution is -2.55. The van der Waals surface area contributed by atoms with Gasteiger partial charge >= 0.3 is 11.3 Å². The number of hydrogen-bond donors (Lipinski definition) is 0. The molecule has 4 nitrogen and oxygen atoms in total. The monoisotopic (exact) mass is 473 g/mol. The van der Waals surface area contributed by atoms with Gasteiger partial charge in [-0.3, -0.25) is 0 Å². The predicted octanol–water partition coefficient (Wildman–Crippen LogP) is 4.87. The Bertz CT molecular complexity index is 1580. The fourth-order valence-corrected chi connectivity index (χ4v) is 5.49. The van der Waals surface area contributed by atoms with Crippen molar-refractivity contribution < 1.29 is 19.2 Å². The highest BCUT2D eigenvalue weighted by Gasteiger charge is 2.43. The minimum Gasteiger partial charge on any atom is -0.846 e. The molecule has 1 aliphatic heterocycles. The third kappa shape index (κ3) is 3.45. The highest BCUT2D eigenvalue weighted by Crippen LogP contribution is 2.41. The van der Waals surface area contributed by atoms with E-state index in [2.05, 4.69) is 30.6 Å². The zero-order chi connectivity index (χ0) is 25.0. The van der Waals surface area contributed by atoms with E-state index in [4.69, 9.17) is 4.42 Å². The first-order valence-corrected chi connectivity index (χ1v) is 12.2. The molecule has 1 aromatic heterocycles. The van der Waals surface area contributed by atoms with Crippen LogP contribution in [-0.4, -0.2) is 29.5 Å². The topological polar surface area (TPSA) is 60.4 Å². The summed E-state index contributed by atoms with van der Waals surface area (Å²) in [6.07, 6.45) is 1.33. The van der Waals surface area contributed by atoms with Gasteiger partial charge in [0, 0.05) is 29.3 Å². The van der Waals surface area contributed by atoms with Crippen molar-refractivity contribution in [3.05, 3.63) is 113 Å². The standard InChI is InChI=1S/C32H27NO3/c1-32(2)25-14-8-9-15-26(25)33(3)29(32)19-24-30(34)23(31(24)35)17-21-18-28(20-11-5-4-6-12-20)36-27-16-10-7-13-22(21)27/h4-19,30-31H,1-3H3. The van der Waals surface area contributed by atoms with Crippen molar-refractivity contribution in [1.29, 1.82) is 0 Å². The minimum atomic E-state index is -1.15. The van der Waals surface area contributed by atoms with Crippen molar-refractivity contribution in [3.63, 3.8) is 0 Å². The van der Waals surface area contributed by atoms with Crippen LogP contribution in [0.15, 0.2) is 107 Å². The maximum Gasteiger partial charge on any atom is 0.361 e. The largest absolute Gasteiger partial charge is 0.846 e. The second-order valence-electron chi connectivity index (χ2n) is 10.1. The van der Waals surface area contributed by atoms with Crippen molar-refractivity contribution >= 4 is 28.4 Å². The molecule has 2 unspecified atom stereocenters. The Morgan fingerprint density at radius 2 is 1.44 bits per heavy atom. The lowest BCUT2D eigenvalue weighted by atomic mass is 9.74. The molecule has 0 amide bonds. The summed E-state index contributed by atoms with van der Waals surface area (Å²) in [5, 5.41) is 27.6. The molecule has 1 aliphatic carbocycles. The number of nitrogens with zero attached hydrogens (tertiary/aromatic N) is 1. The Morgan fingerprint density at radius 3 is 2.19 bits per heavy atom. The Labute approximate surface area is 210 Å². The molecular formula is C32H27NO3. The summed E-state index contributed by atoms with van der Waals surface area (Å²) in [5.41, 5.74) is 6.27. The number of para-hydroxylation sites is 2. The summed E-state index contributed by atoms with van der Waals surface area (Å²) in [7, 11) is 2.00. The Kier molecular flexibility index (Phi) is 5.25. The van der Waals surface area contributed by atoms with Crippen molar-refractivity contribution in [2.75, 3.05) is 7.05 Å². The lowest BCUT2D eigenvalue weighted by molar-refractivity contribution is -0.463. The van der Waals surface area contributed by atoms with Crippen LogP contribution in [-0.2, 0) is 5.41 Å². The first-order chi connectivity index (χ1) is 17.4. The molecule has 1 fully saturated rings. The third-order valence-electron chi connectivity index (χ3n) is 7.54. The molecule has 0 spiro atoms. The molecule has 36 heavy (non-hydrogen) atoms. The maximum atomic E-state index is 13.3. The zero-order valence-electron chi connectivity index (χ0n) is 20.6. The van der Waals surface area contributed by atoms with Crippen LogP contribution in [0.3, 0.4) is 0 Å². The second-order valence-corrected chi connectivity index (χ2v) is 10.1. The SMILES string of the molecule is C[N+]1=C(C=C2C([O-])C(=Cc3cc(-c4ccccc4)[o+]c4ccccc34)C2[O-])C(C)(C)c2ccccc21. The summed E-state index contributed by atoms with van der Waals surface area (Å²) in [6, 6.07) is 27.7. The van der Waals surface area contributed by atoms with Crippen LogP contribution >= 0.6 is 0 Å². The third-order valence-corrected chi connectivity index (χ3v) is 7.54. The molecule has 2 aliphatic rings. The number of rotatable bonds is 3. The summed E-state index contributed by atoms with van der Waals surface area (Å²) in [4.78, 5) is 0. The van der Waals surface area contributed by atoms with Crippen LogP contribution in [0.4, 0.5) is 5.69 Å². The van der Waals surface area contributed by atoms with Crippen LogP contribution in [0.1, 0.15) is 25.0 Å². The first kappa shape index (κ1) is 22.6. The van der Waals surface area contributed by atoms with E-state index in [0.717, 1.165) is 27.9 Å². The predicted molar refractivity (Wildman–Crippen MR) is 140 cm³/mol. The molecule has 3 aromatic carbocycles. The maximum absolute atomic E-state index is 13.3. The average molecular weight is 474 g/mol. The molecule has 178 valence electrons. The Hall–Kier alpha value is -3.86. The van der Waals surface area contributed by atoms with Gasteiger partial charge in [0.1, 0.15) is 7.05 Å². The molecule has 0 saturated heterocycles.